The molecule has 2 heterocycles. The molecule has 1 saturated heterocycles. The molecule has 1 atom stereocenters. The molecule has 6 nitrogen and oxygen atoms in total. The Labute approximate surface area is 188 Å². The molecule has 0 radical (unpaired) electrons. The first kappa shape index (κ1) is 21.7. The van der Waals surface area contributed by atoms with E-state index in [-0.39, 0.29) is 11.7 Å². The van der Waals surface area contributed by atoms with Gasteiger partial charge in [-0.25, -0.2) is 4.99 Å². The number of aliphatic imine (C=N–C) groups is 1. The largest absolute Gasteiger partial charge is 0.508 e. The van der Waals surface area contributed by atoms with Crippen molar-refractivity contribution in [1.82, 2.24) is 9.80 Å². The van der Waals surface area contributed by atoms with E-state index in [9.17, 15) is 9.90 Å². The van der Waals surface area contributed by atoms with Gasteiger partial charge in [0.1, 0.15) is 11.6 Å². The van der Waals surface area contributed by atoms with E-state index in [1.807, 2.05) is 23.1 Å². The molecule has 0 bridgehead atoms. The molecule has 0 aromatic heterocycles. The lowest BCUT2D eigenvalue weighted by atomic mass is 10.1. The van der Waals surface area contributed by atoms with E-state index in [2.05, 4.69) is 24.0 Å². The third kappa shape index (κ3) is 4.88. The maximum Gasteiger partial charge on any atom is 0.239 e. The summed E-state index contributed by atoms with van der Waals surface area (Å²) in [5.74, 6) is 1.23. The van der Waals surface area contributed by atoms with Crippen LogP contribution >= 0.6 is 11.8 Å². The van der Waals surface area contributed by atoms with Crippen molar-refractivity contribution in [2.45, 2.75) is 48.4 Å². The highest BCUT2D eigenvalue weighted by molar-refractivity contribution is 7.99. The van der Waals surface area contributed by atoms with E-state index in [1.165, 1.54) is 0 Å². The van der Waals surface area contributed by atoms with Crippen molar-refractivity contribution < 1.29 is 9.90 Å². The van der Waals surface area contributed by atoms with Crippen molar-refractivity contribution in [2.75, 3.05) is 26.2 Å². The third-order valence-electron chi connectivity index (χ3n) is 5.84. The van der Waals surface area contributed by atoms with Crippen molar-refractivity contribution >= 4 is 29.2 Å². The predicted octanol–water partition coefficient (Wildman–Crippen LogP) is 3.99. The minimum Gasteiger partial charge on any atom is -0.508 e. The van der Waals surface area contributed by atoms with Crippen LogP contribution in [0.4, 0.5) is 5.69 Å². The van der Waals surface area contributed by atoms with Crippen molar-refractivity contribution in [3.05, 3.63) is 48.0 Å². The number of piperazine rings is 1. The Kier molecular flexibility index (Phi) is 6.83. The number of nitrogens with zero attached hydrogens (tertiary/aromatic N) is 3. The zero-order chi connectivity index (χ0) is 21.8. The van der Waals surface area contributed by atoms with E-state index in [4.69, 9.17) is 10.7 Å². The highest BCUT2D eigenvalue weighted by atomic mass is 32.2. The number of hydrogen-bond acceptors (Lipinski definition) is 6. The van der Waals surface area contributed by atoms with E-state index in [0.717, 1.165) is 65.7 Å². The Morgan fingerprint density at radius 1 is 1.13 bits per heavy atom. The number of hydrogen-bond donors (Lipinski definition) is 2. The Morgan fingerprint density at radius 2 is 1.90 bits per heavy atom. The van der Waals surface area contributed by atoms with Crippen molar-refractivity contribution in [2.24, 2.45) is 10.7 Å². The van der Waals surface area contributed by atoms with Gasteiger partial charge in [-0.05, 0) is 30.7 Å². The number of amides is 1. The van der Waals surface area contributed by atoms with Crippen LogP contribution in [0.15, 0.2) is 57.2 Å². The highest BCUT2D eigenvalue weighted by Crippen LogP contribution is 2.42. The van der Waals surface area contributed by atoms with Crippen LogP contribution < -0.4 is 5.73 Å². The smallest absolute Gasteiger partial charge is 0.239 e. The monoisotopic (exact) mass is 438 g/mol. The molecule has 1 amide bonds. The summed E-state index contributed by atoms with van der Waals surface area (Å²) in [5, 5.41) is 9.92. The summed E-state index contributed by atoms with van der Waals surface area (Å²) in [7, 11) is 0. The summed E-state index contributed by atoms with van der Waals surface area (Å²) in [6, 6.07) is 13.1. The number of rotatable bonds is 5. The van der Waals surface area contributed by atoms with Gasteiger partial charge in [0.2, 0.25) is 5.91 Å². The molecule has 2 aliphatic rings. The average molecular weight is 439 g/mol. The van der Waals surface area contributed by atoms with Crippen LogP contribution in [0, 0.1) is 0 Å². The van der Waals surface area contributed by atoms with Gasteiger partial charge >= 0.3 is 0 Å². The SMILES string of the molecule is CCCCCC(N)C(=O)N1CCN(C2=Nc3ccc(O)cc3Sc3ccccc32)CC1. The lowest BCUT2D eigenvalue weighted by Gasteiger charge is -2.37. The number of nitrogens with two attached hydrogens (primary N) is 1. The van der Waals surface area contributed by atoms with Gasteiger partial charge in [-0.1, -0.05) is 56.1 Å². The summed E-state index contributed by atoms with van der Waals surface area (Å²) in [6.07, 6.45) is 4.01. The lowest BCUT2D eigenvalue weighted by Crippen LogP contribution is -2.54. The number of carbonyl (C=O) groups is 1. The molecule has 2 aromatic rings. The van der Waals surface area contributed by atoms with E-state index >= 15 is 0 Å². The number of phenolic OH excluding ortho intramolecular Hbond substituents is 1. The molecule has 164 valence electrons. The Morgan fingerprint density at radius 3 is 2.68 bits per heavy atom. The maximum absolute atomic E-state index is 12.7. The minimum absolute atomic E-state index is 0.0651. The summed E-state index contributed by atoms with van der Waals surface area (Å²) < 4.78 is 0. The Hall–Kier alpha value is -2.51. The molecule has 4 rings (SSSR count). The molecular formula is C24H30N4O2S. The number of phenols is 1. The van der Waals surface area contributed by atoms with E-state index in [0.29, 0.717) is 13.1 Å². The van der Waals surface area contributed by atoms with E-state index < -0.39 is 6.04 Å². The molecule has 0 saturated carbocycles. The van der Waals surface area contributed by atoms with Crippen LogP contribution in [-0.4, -0.2) is 58.9 Å². The minimum atomic E-state index is -0.398. The second-order valence-electron chi connectivity index (χ2n) is 8.10. The molecule has 31 heavy (non-hydrogen) atoms. The molecule has 0 aliphatic carbocycles. The van der Waals surface area contributed by atoms with Crippen LogP contribution in [0.3, 0.4) is 0 Å². The van der Waals surface area contributed by atoms with Crippen molar-refractivity contribution in [3.63, 3.8) is 0 Å². The average Bonchev–Trinajstić information content (AvgIpc) is 2.95. The van der Waals surface area contributed by atoms with Crippen LogP contribution in [-0.2, 0) is 4.79 Å². The van der Waals surface area contributed by atoms with Crippen LogP contribution in [0.1, 0.15) is 38.2 Å². The number of benzene rings is 2. The van der Waals surface area contributed by atoms with Gasteiger partial charge < -0.3 is 20.6 Å². The van der Waals surface area contributed by atoms with Crippen molar-refractivity contribution in [1.29, 1.82) is 0 Å². The fourth-order valence-corrected chi connectivity index (χ4v) is 5.11. The lowest BCUT2D eigenvalue weighted by molar-refractivity contribution is -0.134. The van der Waals surface area contributed by atoms with Gasteiger partial charge in [-0.3, -0.25) is 4.79 Å². The normalized spacial score (nSPS) is 16.8. The van der Waals surface area contributed by atoms with Crippen LogP contribution in [0.5, 0.6) is 5.75 Å². The van der Waals surface area contributed by atoms with Crippen LogP contribution in [0.2, 0.25) is 0 Å². The van der Waals surface area contributed by atoms with Gasteiger partial charge in [0.15, 0.2) is 0 Å². The molecule has 2 aromatic carbocycles. The number of amidine groups is 1. The standard InChI is InChI=1S/C24H30N4O2S/c1-2-3-4-8-19(25)24(30)28-14-12-27(13-15-28)23-18-7-5-6-9-21(18)31-22-16-17(29)10-11-20(22)26-23/h5-7,9-11,16,19,29H,2-4,8,12-15,25H2,1H3. The zero-order valence-corrected chi connectivity index (χ0v) is 18.8. The van der Waals surface area contributed by atoms with Gasteiger partial charge in [0.25, 0.3) is 0 Å². The first-order valence-electron chi connectivity index (χ1n) is 11.0. The molecule has 0 spiro atoms. The highest BCUT2D eigenvalue weighted by Gasteiger charge is 2.28. The quantitative estimate of drug-likeness (QED) is 0.690. The fraction of sp³-hybridized carbons (Fsp3) is 0.417. The Balaban J connectivity index is 1.51. The fourth-order valence-electron chi connectivity index (χ4n) is 4.06. The number of aromatic hydroxyl groups is 1. The summed E-state index contributed by atoms with van der Waals surface area (Å²) >= 11 is 1.62. The van der Waals surface area contributed by atoms with Crippen LogP contribution in [0.25, 0.3) is 0 Å². The van der Waals surface area contributed by atoms with Gasteiger partial charge in [0.05, 0.1) is 11.7 Å². The third-order valence-corrected chi connectivity index (χ3v) is 6.97. The van der Waals surface area contributed by atoms with Crippen molar-refractivity contribution in [3.8, 4) is 5.75 Å². The first-order chi connectivity index (χ1) is 15.1. The summed E-state index contributed by atoms with van der Waals surface area (Å²) in [5.41, 5.74) is 8.10. The topological polar surface area (TPSA) is 82.2 Å². The summed E-state index contributed by atoms with van der Waals surface area (Å²) in [4.78, 5) is 23.9. The molecule has 7 heteroatoms. The Bertz CT molecular complexity index is 970. The molecule has 1 unspecified atom stereocenters. The number of carbonyl (C=O) groups excluding carboxylic acids is 1. The molecule has 2 aliphatic heterocycles. The zero-order valence-electron chi connectivity index (χ0n) is 18.0. The van der Waals surface area contributed by atoms with Gasteiger partial charge in [-0.15, -0.1) is 0 Å². The first-order valence-corrected chi connectivity index (χ1v) is 11.9. The summed E-state index contributed by atoms with van der Waals surface area (Å²) in [6.45, 7) is 4.89. The maximum atomic E-state index is 12.7. The van der Waals surface area contributed by atoms with E-state index in [1.54, 1.807) is 23.9 Å². The predicted molar refractivity (Wildman–Crippen MR) is 125 cm³/mol. The molecule has 1 fully saturated rings. The number of unbranched alkanes of at least 4 members (excludes halogenated alkanes) is 2. The molecule has 3 N–H and O–H groups in total. The number of fused-ring (bicyclic) bond motifs is 2. The van der Waals surface area contributed by atoms with Gasteiger partial charge in [-0.2, -0.15) is 0 Å². The second-order valence-corrected chi connectivity index (χ2v) is 9.18. The van der Waals surface area contributed by atoms with Gasteiger partial charge in [0, 0.05) is 41.5 Å². The molecular weight excluding hydrogens is 408 g/mol. The second kappa shape index (κ2) is 9.75.